The van der Waals surface area contributed by atoms with E-state index in [4.69, 9.17) is 11.6 Å². The molecule has 3 aromatic rings. The number of nitrogens with one attached hydrogen (secondary N) is 1. The van der Waals surface area contributed by atoms with E-state index < -0.39 is 0 Å². The molecule has 3 heterocycles. The van der Waals surface area contributed by atoms with Crippen LogP contribution in [0.15, 0.2) is 42.9 Å². The minimum absolute atomic E-state index is 0.144. The zero-order valence-corrected chi connectivity index (χ0v) is 16.7. The lowest BCUT2D eigenvalue weighted by Crippen LogP contribution is -2.58. The highest BCUT2D eigenvalue weighted by molar-refractivity contribution is 6.31. The number of aromatic nitrogens is 5. The molecular weight excluding hydrogens is 390 g/mol. The molecule has 8 nitrogen and oxygen atoms in total. The van der Waals surface area contributed by atoms with Gasteiger partial charge in [-0.1, -0.05) is 35.0 Å². The molecule has 150 valence electrons. The molecule has 1 aliphatic carbocycles. The number of amides is 1. The molecule has 1 amide bonds. The second kappa shape index (κ2) is 7.61. The normalized spacial score (nSPS) is 17.3. The fraction of sp³-hybridized carbons (Fsp3) is 0.400. The van der Waals surface area contributed by atoms with Crippen molar-refractivity contribution in [3.8, 4) is 0 Å². The van der Waals surface area contributed by atoms with Crippen molar-refractivity contribution in [2.24, 2.45) is 0 Å². The average Bonchev–Trinajstić information content (AvgIpc) is 3.24. The van der Waals surface area contributed by atoms with Crippen LogP contribution in [-0.2, 0) is 13.1 Å². The van der Waals surface area contributed by atoms with Gasteiger partial charge in [-0.2, -0.15) is 5.10 Å². The SMILES string of the molecule is O=C(NC1CN(Cc2cnn(Cc3ccccc3Cl)c2)C1)c1cn(C2CC2)nn1. The third-order valence-electron chi connectivity index (χ3n) is 5.34. The topological polar surface area (TPSA) is 80.9 Å². The maximum absolute atomic E-state index is 12.3. The number of hydrogen-bond donors (Lipinski definition) is 1. The second-order valence-corrected chi connectivity index (χ2v) is 8.22. The zero-order chi connectivity index (χ0) is 19.8. The summed E-state index contributed by atoms with van der Waals surface area (Å²) in [5, 5.41) is 16.2. The van der Waals surface area contributed by atoms with Crippen LogP contribution in [0.5, 0.6) is 0 Å². The van der Waals surface area contributed by atoms with Crippen LogP contribution in [0.3, 0.4) is 0 Å². The molecular formula is C20H22ClN7O. The Balaban J connectivity index is 1.09. The molecule has 2 aromatic heterocycles. The Morgan fingerprint density at radius 3 is 2.79 bits per heavy atom. The highest BCUT2D eigenvalue weighted by Gasteiger charge is 2.30. The van der Waals surface area contributed by atoms with Crippen LogP contribution in [0.1, 0.15) is 40.5 Å². The second-order valence-electron chi connectivity index (χ2n) is 7.82. The van der Waals surface area contributed by atoms with Gasteiger partial charge in [0.05, 0.1) is 31.0 Å². The first-order valence-corrected chi connectivity index (χ1v) is 10.2. The van der Waals surface area contributed by atoms with Crippen molar-refractivity contribution in [3.05, 3.63) is 64.7 Å². The number of halogens is 1. The number of likely N-dealkylation sites (tertiary alicyclic amines) is 1. The molecule has 0 spiro atoms. The van der Waals surface area contributed by atoms with Crippen molar-refractivity contribution < 1.29 is 4.79 Å². The summed E-state index contributed by atoms with van der Waals surface area (Å²) in [5.74, 6) is -0.144. The highest BCUT2D eigenvalue weighted by atomic mass is 35.5. The lowest BCUT2D eigenvalue weighted by atomic mass is 10.1. The third kappa shape index (κ3) is 4.18. The van der Waals surface area contributed by atoms with Gasteiger partial charge in [0, 0.05) is 36.4 Å². The summed E-state index contributed by atoms with van der Waals surface area (Å²) < 4.78 is 3.70. The summed E-state index contributed by atoms with van der Waals surface area (Å²) in [6, 6.07) is 8.38. The minimum Gasteiger partial charge on any atom is -0.345 e. The Labute approximate surface area is 173 Å². The van der Waals surface area contributed by atoms with E-state index in [1.807, 2.05) is 41.3 Å². The Hall–Kier alpha value is -2.71. The average molecular weight is 412 g/mol. The predicted molar refractivity (Wildman–Crippen MR) is 108 cm³/mol. The smallest absolute Gasteiger partial charge is 0.273 e. The number of benzene rings is 1. The molecule has 1 saturated carbocycles. The van der Waals surface area contributed by atoms with Crippen LogP contribution in [0.25, 0.3) is 0 Å². The van der Waals surface area contributed by atoms with E-state index >= 15 is 0 Å². The molecule has 1 N–H and O–H groups in total. The van der Waals surface area contributed by atoms with Crippen LogP contribution in [-0.4, -0.2) is 54.7 Å². The van der Waals surface area contributed by atoms with Crippen LogP contribution >= 0.6 is 11.6 Å². The van der Waals surface area contributed by atoms with Crippen LogP contribution in [0.4, 0.5) is 0 Å². The molecule has 9 heteroatoms. The quantitative estimate of drug-likeness (QED) is 0.644. The van der Waals surface area contributed by atoms with Gasteiger partial charge in [-0.25, -0.2) is 4.68 Å². The van der Waals surface area contributed by atoms with Crippen LogP contribution in [0.2, 0.25) is 5.02 Å². The molecule has 0 unspecified atom stereocenters. The number of carbonyl (C=O) groups is 1. The predicted octanol–water partition coefficient (Wildman–Crippen LogP) is 2.13. The summed E-state index contributed by atoms with van der Waals surface area (Å²) in [7, 11) is 0. The fourth-order valence-corrected chi connectivity index (χ4v) is 3.78. The van der Waals surface area contributed by atoms with Gasteiger partial charge in [0.1, 0.15) is 0 Å². The van der Waals surface area contributed by atoms with Gasteiger partial charge in [0.15, 0.2) is 5.69 Å². The van der Waals surface area contributed by atoms with Crippen molar-refractivity contribution >= 4 is 17.5 Å². The maximum Gasteiger partial charge on any atom is 0.273 e. The van der Waals surface area contributed by atoms with Crippen molar-refractivity contribution in [1.82, 2.24) is 35.0 Å². The van der Waals surface area contributed by atoms with Gasteiger partial charge in [-0.3, -0.25) is 14.4 Å². The number of rotatable bonds is 7. The molecule has 29 heavy (non-hydrogen) atoms. The lowest BCUT2D eigenvalue weighted by molar-refractivity contribution is 0.0790. The number of carbonyl (C=O) groups excluding carboxylic acids is 1. The minimum atomic E-state index is -0.144. The van der Waals surface area contributed by atoms with Gasteiger partial charge in [0.2, 0.25) is 0 Å². The van der Waals surface area contributed by atoms with Crippen LogP contribution in [0, 0.1) is 0 Å². The Bertz CT molecular complexity index is 1020. The molecule has 1 saturated heterocycles. The molecule has 5 rings (SSSR count). The lowest BCUT2D eigenvalue weighted by Gasteiger charge is -2.39. The van der Waals surface area contributed by atoms with E-state index in [9.17, 15) is 4.79 Å². The van der Waals surface area contributed by atoms with E-state index in [0.717, 1.165) is 48.6 Å². The summed E-state index contributed by atoms with van der Waals surface area (Å²) in [6.45, 7) is 3.10. The van der Waals surface area contributed by atoms with Crippen molar-refractivity contribution in [3.63, 3.8) is 0 Å². The van der Waals surface area contributed by atoms with Gasteiger partial charge in [0.25, 0.3) is 5.91 Å². The molecule has 2 aliphatic rings. The fourth-order valence-electron chi connectivity index (χ4n) is 3.58. The van der Waals surface area contributed by atoms with E-state index in [-0.39, 0.29) is 11.9 Å². The Kier molecular flexibility index (Phi) is 4.81. The first-order valence-electron chi connectivity index (χ1n) is 9.84. The third-order valence-corrected chi connectivity index (χ3v) is 5.71. The van der Waals surface area contributed by atoms with E-state index in [1.54, 1.807) is 10.9 Å². The van der Waals surface area contributed by atoms with E-state index in [2.05, 4.69) is 25.6 Å². The summed E-state index contributed by atoms with van der Waals surface area (Å²) >= 11 is 6.22. The highest BCUT2D eigenvalue weighted by Crippen LogP contribution is 2.33. The Morgan fingerprint density at radius 2 is 2.00 bits per heavy atom. The molecule has 2 fully saturated rings. The van der Waals surface area contributed by atoms with Gasteiger partial charge >= 0.3 is 0 Å². The van der Waals surface area contributed by atoms with Crippen LogP contribution < -0.4 is 5.32 Å². The van der Waals surface area contributed by atoms with Gasteiger partial charge in [-0.15, -0.1) is 5.10 Å². The first kappa shape index (κ1) is 18.3. The summed E-state index contributed by atoms with van der Waals surface area (Å²) in [6.07, 6.45) is 7.93. The summed E-state index contributed by atoms with van der Waals surface area (Å²) in [4.78, 5) is 14.6. The molecule has 0 atom stereocenters. The van der Waals surface area contributed by atoms with Crippen molar-refractivity contribution in [2.75, 3.05) is 13.1 Å². The van der Waals surface area contributed by atoms with Crippen molar-refractivity contribution in [2.45, 2.75) is 38.0 Å². The number of hydrogen-bond acceptors (Lipinski definition) is 5. The summed E-state index contributed by atoms with van der Waals surface area (Å²) in [5.41, 5.74) is 2.60. The van der Waals surface area contributed by atoms with Crippen molar-refractivity contribution in [1.29, 1.82) is 0 Å². The molecule has 1 aliphatic heterocycles. The van der Waals surface area contributed by atoms with E-state index in [1.165, 1.54) is 0 Å². The van der Waals surface area contributed by atoms with E-state index in [0.29, 0.717) is 18.3 Å². The van der Waals surface area contributed by atoms with Gasteiger partial charge < -0.3 is 5.32 Å². The first-order chi connectivity index (χ1) is 14.1. The molecule has 0 bridgehead atoms. The largest absolute Gasteiger partial charge is 0.345 e. The number of nitrogens with zero attached hydrogens (tertiary/aromatic N) is 6. The van der Waals surface area contributed by atoms with Gasteiger partial charge in [-0.05, 0) is 24.5 Å². The molecule has 1 aromatic carbocycles. The molecule has 0 radical (unpaired) electrons. The Morgan fingerprint density at radius 1 is 1.17 bits per heavy atom. The standard InChI is InChI=1S/C20H22ClN7O/c21-18-4-2-1-3-15(18)10-27-9-14(7-22-27)8-26-11-16(12-26)23-20(29)19-13-28(25-24-19)17-5-6-17/h1-4,7,9,13,16-17H,5-6,8,10-12H2,(H,23,29). The monoisotopic (exact) mass is 411 g/mol. The maximum atomic E-state index is 12.3. The zero-order valence-electron chi connectivity index (χ0n) is 15.9.